The minimum atomic E-state index is -0.198. The summed E-state index contributed by atoms with van der Waals surface area (Å²) in [4.78, 5) is 25.0. The monoisotopic (exact) mass is 260 g/mol. The second-order valence-corrected chi connectivity index (χ2v) is 4.49. The molecule has 2 amide bonds. The number of hydrogen-bond donors (Lipinski definition) is 1. The van der Waals surface area contributed by atoms with Gasteiger partial charge in [0, 0.05) is 19.2 Å². The zero-order valence-corrected chi connectivity index (χ0v) is 11.7. The first-order valence-electron chi connectivity index (χ1n) is 6.18. The molecular formula is C15H20N2O2. The lowest BCUT2D eigenvalue weighted by Crippen LogP contribution is -2.40. The van der Waals surface area contributed by atoms with Crippen LogP contribution in [0.3, 0.4) is 0 Å². The van der Waals surface area contributed by atoms with E-state index in [1.54, 1.807) is 6.08 Å². The largest absolute Gasteiger partial charge is 0.351 e. The Morgan fingerprint density at radius 1 is 1.37 bits per heavy atom. The normalized spacial score (nSPS) is 9.84. The quantitative estimate of drug-likeness (QED) is 0.823. The molecule has 102 valence electrons. The first kappa shape index (κ1) is 15.0. The van der Waals surface area contributed by atoms with Gasteiger partial charge in [-0.15, -0.1) is 6.58 Å². The second kappa shape index (κ2) is 6.73. The van der Waals surface area contributed by atoms with Crippen molar-refractivity contribution in [1.29, 1.82) is 0 Å². The fraction of sp³-hybridized carbons (Fsp3) is 0.333. The maximum absolute atomic E-state index is 11.7. The molecule has 1 N–H and O–H groups in total. The number of carbonyl (C=O) groups excluding carboxylic acids is 2. The van der Waals surface area contributed by atoms with Crippen LogP contribution < -0.4 is 10.2 Å². The molecule has 4 heteroatoms. The van der Waals surface area contributed by atoms with E-state index in [2.05, 4.69) is 11.9 Å². The molecule has 4 nitrogen and oxygen atoms in total. The lowest BCUT2D eigenvalue weighted by atomic mass is 10.1. The SMILES string of the molecule is C=CCNC(=O)CN(C(C)=O)c1cc(C)ccc1C. The van der Waals surface area contributed by atoms with E-state index in [-0.39, 0.29) is 18.4 Å². The van der Waals surface area contributed by atoms with Crippen molar-refractivity contribution in [3.63, 3.8) is 0 Å². The second-order valence-electron chi connectivity index (χ2n) is 4.49. The summed E-state index contributed by atoms with van der Waals surface area (Å²) in [5.74, 6) is -0.349. The van der Waals surface area contributed by atoms with Gasteiger partial charge in [-0.25, -0.2) is 0 Å². The first-order valence-corrected chi connectivity index (χ1v) is 6.18. The summed E-state index contributed by atoms with van der Waals surface area (Å²) < 4.78 is 0. The first-order chi connectivity index (χ1) is 8.95. The van der Waals surface area contributed by atoms with Crippen LogP contribution in [0, 0.1) is 13.8 Å². The molecule has 1 aromatic rings. The molecule has 0 atom stereocenters. The average Bonchev–Trinajstić information content (AvgIpc) is 2.36. The van der Waals surface area contributed by atoms with Gasteiger partial charge in [0.2, 0.25) is 11.8 Å². The van der Waals surface area contributed by atoms with Crippen LogP contribution >= 0.6 is 0 Å². The number of nitrogens with one attached hydrogen (secondary N) is 1. The van der Waals surface area contributed by atoms with E-state index >= 15 is 0 Å². The third-order valence-corrected chi connectivity index (χ3v) is 2.78. The van der Waals surface area contributed by atoms with Crippen molar-refractivity contribution in [3.05, 3.63) is 42.0 Å². The third-order valence-electron chi connectivity index (χ3n) is 2.78. The maximum atomic E-state index is 11.7. The van der Waals surface area contributed by atoms with Crippen LogP contribution in [0.1, 0.15) is 18.1 Å². The molecule has 0 unspecified atom stereocenters. The van der Waals surface area contributed by atoms with E-state index in [0.717, 1.165) is 16.8 Å². The Hall–Kier alpha value is -2.10. The van der Waals surface area contributed by atoms with Crippen molar-refractivity contribution in [2.45, 2.75) is 20.8 Å². The highest BCUT2D eigenvalue weighted by Gasteiger charge is 2.17. The predicted octanol–water partition coefficient (Wildman–Crippen LogP) is 1.96. The van der Waals surface area contributed by atoms with Crippen LogP contribution in [-0.2, 0) is 9.59 Å². The Morgan fingerprint density at radius 3 is 2.63 bits per heavy atom. The van der Waals surface area contributed by atoms with E-state index in [1.807, 2.05) is 32.0 Å². The van der Waals surface area contributed by atoms with Crippen LogP contribution in [0.4, 0.5) is 5.69 Å². The van der Waals surface area contributed by atoms with Gasteiger partial charge in [-0.1, -0.05) is 18.2 Å². The molecule has 1 aromatic carbocycles. The van der Waals surface area contributed by atoms with Crippen LogP contribution in [0.25, 0.3) is 0 Å². The topological polar surface area (TPSA) is 49.4 Å². The van der Waals surface area contributed by atoms with Crippen molar-refractivity contribution < 1.29 is 9.59 Å². The fourth-order valence-electron chi connectivity index (χ4n) is 1.76. The number of anilines is 1. The highest BCUT2D eigenvalue weighted by atomic mass is 16.2. The lowest BCUT2D eigenvalue weighted by Gasteiger charge is -2.23. The minimum absolute atomic E-state index is 0.0213. The van der Waals surface area contributed by atoms with Gasteiger partial charge >= 0.3 is 0 Å². The molecule has 19 heavy (non-hydrogen) atoms. The molecule has 0 saturated heterocycles. The zero-order chi connectivity index (χ0) is 14.4. The summed E-state index contributed by atoms with van der Waals surface area (Å²) in [6, 6.07) is 5.84. The number of amides is 2. The van der Waals surface area contributed by atoms with Crippen LogP contribution in [0.2, 0.25) is 0 Å². The van der Waals surface area contributed by atoms with E-state index in [4.69, 9.17) is 0 Å². The van der Waals surface area contributed by atoms with Crippen molar-refractivity contribution >= 4 is 17.5 Å². The number of nitrogens with zero attached hydrogens (tertiary/aromatic N) is 1. The Labute approximate surface area is 114 Å². The van der Waals surface area contributed by atoms with Gasteiger partial charge in [0.25, 0.3) is 0 Å². The van der Waals surface area contributed by atoms with Gasteiger partial charge in [-0.05, 0) is 31.0 Å². The van der Waals surface area contributed by atoms with Crippen molar-refractivity contribution in [3.8, 4) is 0 Å². The predicted molar refractivity (Wildman–Crippen MR) is 77.1 cm³/mol. The van der Waals surface area contributed by atoms with Crippen LogP contribution in [0.15, 0.2) is 30.9 Å². The standard InChI is InChI=1S/C15H20N2O2/c1-5-8-16-15(19)10-17(13(4)18)14-9-11(2)6-7-12(14)3/h5-7,9H,1,8,10H2,2-4H3,(H,16,19). The Kier molecular flexibility index (Phi) is 5.30. The Bertz CT molecular complexity index is 495. The molecule has 0 heterocycles. The molecular weight excluding hydrogens is 240 g/mol. The average molecular weight is 260 g/mol. The molecule has 0 bridgehead atoms. The van der Waals surface area contributed by atoms with Crippen molar-refractivity contribution in [1.82, 2.24) is 5.32 Å². The third kappa shape index (κ3) is 4.25. The summed E-state index contributed by atoms with van der Waals surface area (Å²) >= 11 is 0. The van der Waals surface area contributed by atoms with Crippen molar-refractivity contribution in [2.75, 3.05) is 18.0 Å². The highest BCUT2D eigenvalue weighted by Crippen LogP contribution is 2.21. The number of rotatable bonds is 5. The van der Waals surface area contributed by atoms with Gasteiger partial charge in [0.05, 0.1) is 0 Å². The van der Waals surface area contributed by atoms with E-state index in [0.29, 0.717) is 6.54 Å². The lowest BCUT2D eigenvalue weighted by molar-refractivity contribution is -0.122. The molecule has 0 radical (unpaired) electrons. The van der Waals surface area contributed by atoms with Gasteiger partial charge in [-0.2, -0.15) is 0 Å². The molecule has 0 spiro atoms. The van der Waals surface area contributed by atoms with Gasteiger partial charge in [0.1, 0.15) is 6.54 Å². The van der Waals surface area contributed by atoms with E-state index < -0.39 is 0 Å². The highest BCUT2D eigenvalue weighted by molar-refractivity contribution is 5.98. The molecule has 0 aromatic heterocycles. The smallest absolute Gasteiger partial charge is 0.240 e. The number of benzene rings is 1. The number of aryl methyl sites for hydroxylation is 2. The summed E-state index contributed by atoms with van der Waals surface area (Å²) in [5, 5.41) is 2.67. The molecule has 0 aliphatic heterocycles. The van der Waals surface area contributed by atoms with Gasteiger partial charge in [-0.3, -0.25) is 9.59 Å². The van der Waals surface area contributed by atoms with Gasteiger partial charge in [0.15, 0.2) is 0 Å². The van der Waals surface area contributed by atoms with Gasteiger partial charge < -0.3 is 10.2 Å². The molecule has 0 saturated carbocycles. The van der Waals surface area contributed by atoms with Crippen LogP contribution in [-0.4, -0.2) is 24.9 Å². The Morgan fingerprint density at radius 2 is 2.05 bits per heavy atom. The van der Waals surface area contributed by atoms with Crippen molar-refractivity contribution in [2.24, 2.45) is 0 Å². The minimum Gasteiger partial charge on any atom is -0.351 e. The molecule has 0 fully saturated rings. The van der Waals surface area contributed by atoms with E-state index in [1.165, 1.54) is 11.8 Å². The summed E-state index contributed by atoms with van der Waals surface area (Å²) in [7, 11) is 0. The van der Waals surface area contributed by atoms with Crippen LogP contribution in [0.5, 0.6) is 0 Å². The Balaban J connectivity index is 2.94. The summed E-state index contributed by atoms with van der Waals surface area (Å²) in [5.41, 5.74) is 2.80. The summed E-state index contributed by atoms with van der Waals surface area (Å²) in [6.07, 6.45) is 1.61. The fourth-order valence-corrected chi connectivity index (χ4v) is 1.76. The zero-order valence-electron chi connectivity index (χ0n) is 11.7. The maximum Gasteiger partial charge on any atom is 0.240 e. The molecule has 0 aliphatic rings. The molecule has 0 aliphatic carbocycles. The number of carbonyl (C=O) groups is 2. The summed E-state index contributed by atoms with van der Waals surface area (Å²) in [6.45, 7) is 9.30. The van der Waals surface area contributed by atoms with E-state index in [9.17, 15) is 9.59 Å². The molecule has 1 rings (SSSR count). The number of hydrogen-bond acceptors (Lipinski definition) is 2.